The van der Waals surface area contributed by atoms with Crippen molar-refractivity contribution in [3.05, 3.63) is 59.7 Å². The number of ether oxygens (including phenoxy) is 2. The molecule has 0 spiro atoms. The first-order valence-electron chi connectivity index (χ1n) is 8.87. The van der Waals surface area contributed by atoms with Crippen molar-refractivity contribution in [1.29, 1.82) is 0 Å². The summed E-state index contributed by atoms with van der Waals surface area (Å²) in [5.74, 6) is 1.84. The van der Waals surface area contributed by atoms with E-state index < -0.39 is 0 Å². The highest BCUT2D eigenvalue weighted by molar-refractivity contribution is 5.85. The van der Waals surface area contributed by atoms with E-state index in [0.29, 0.717) is 6.61 Å². The Kier molecular flexibility index (Phi) is 7.76. The van der Waals surface area contributed by atoms with Gasteiger partial charge in [-0.15, -0.1) is 12.4 Å². The maximum absolute atomic E-state index is 9.77. The van der Waals surface area contributed by atoms with Crippen LogP contribution in [0.25, 0.3) is 0 Å². The van der Waals surface area contributed by atoms with E-state index in [1.807, 2.05) is 31.3 Å². The molecule has 0 unspecified atom stereocenters. The number of β-amino-alcohol motifs (C(OH)–C–C–N with tert-alkyl or cyclic N) is 1. The zero-order valence-electron chi connectivity index (χ0n) is 15.4. The molecule has 2 aromatic carbocycles. The number of aliphatic hydroxyl groups excluding tert-OH is 1. The monoisotopic (exact) mass is 377 g/mol. The molecule has 26 heavy (non-hydrogen) atoms. The molecule has 142 valence electrons. The van der Waals surface area contributed by atoms with Crippen LogP contribution in [0.1, 0.15) is 17.5 Å². The number of rotatable bonds is 7. The molecule has 1 aliphatic rings. The fourth-order valence-corrected chi connectivity index (χ4v) is 3.39. The predicted molar refractivity (Wildman–Crippen MR) is 107 cm³/mol. The van der Waals surface area contributed by atoms with Gasteiger partial charge in [-0.25, -0.2) is 0 Å². The van der Waals surface area contributed by atoms with Crippen LogP contribution in [0.3, 0.4) is 0 Å². The Bertz CT molecular complexity index is 694. The number of halogens is 1. The molecule has 1 fully saturated rings. The Labute approximate surface area is 162 Å². The quantitative estimate of drug-likeness (QED) is 0.803. The molecule has 0 aromatic heterocycles. The van der Waals surface area contributed by atoms with E-state index >= 15 is 0 Å². The summed E-state index contributed by atoms with van der Waals surface area (Å²) in [5.41, 5.74) is 2.47. The average molecular weight is 378 g/mol. The van der Waals surface area contributed by atoms with Crippen molar-refractivity contribution in [3.63, 3.8) is 0 Å². The second-order valence-corrected chi connectivity index (χ2v) is 6.75. The molecule has 3 rings (SSSR count). The number of methoxy groups -OCH3 is 1. The van der Waals surface area contributed by atoms with Crippen molar-refractivity contribution in [2.75, 3.05) is 27.3 Å². The van der Waals surface area contributed by atoms with Gasteiger partial charge in [0.05, 0.1) is 13.2 Å². The highest BCUT2D eigenvalue weighted by Gasteiger charge is 2.28. The summed E-state index contributed by atoms with van der Waals surface area (Å²) in [6.45, 7) is 1.34. The van der Waals surface area contributed by atoms with Crippen molar-refractivity contribution in [2.45, 2.75) is 31.4 Å². The number of nitrogens with zero attached hydrogens (tertiary/aromatic N) is 1. The van der Waals surface area contributed by atoms with Gasteiger partial charge in [0.2, 0.25) is 0 Å². The second-order valence-electron chi connectivity index (χ2n) is 6.75. The second kappa shape index (κ2) is 9.81. The van der Waals surface area contributed by atoms with Crippen molar-refractivity contribution in [1.82, 2.24) is 4.90 Å². The van der Waals surface area contributed by atoms with Crippen LogP contribution in [0, 0.1) is 0 Å². The van der Waals surface area contributed by atoms with Crippen molar-refractivity contribution in [3.8, 4) is 11.5 Å². The molecule has 2 aromatic rings. The van der Waals surface area contributed by atoms with Crippen LogP contribution in [0.4, 0.5) is 0 Å². The van der Waals surface area contributed by atoms with Crippen molar-refractivity contribution in [2.24, 2.45) is 0 Å². The van der Waals surface area contributed by atoms with Gasteiger partial charge >= 0.3 is 0 Å². The highest BCUT2D eigenvalue weighted by Crippen LogP contribution is 2.23. The van der Waals surface area contributed by atoms with Gasteiger partial charge in [-0.1, -0.05) is 30.3 Å². The summed E-state index contributed by atoms with van der Waals surface area (Å²) in [5, 5.41) is 9.77. The summed E-state index contributed by atoms with van der Waals surface area (Å²) in [6.07, 6.45) is 2.41. The number of likely N-dealkylation sites (tertiary alicyclic amines) is 1. The standard InChI is InChI=1S/C21H27NO3.ClH/c1-22-14-19(23)13-18(22)15-25-21-9-4-3-7-17(21)11-10-16-6-5-8-20(12-16)24-2;/h3-9,12,18-19,23H,10-11,13-15H2,1-2H3;1H/t18-,19-;/m1./s1. The van der Waals surface area contributed by atoms with Gasteiger partial charge < -0.3 is 14.6 Å². The molecule has 0 amide bonds. The smallest absolute Gasteiger partial charge is 0.122 e. The summed E-state index contributed by atoms with van der Waals surface area (Å²) >= 11 is 0. The third-order valence-electron chi connectivity index (χ3n) is 4.89. The minimum absolute atomic E-state index is 0. The summed E-state index contributed by atoms with van der Waals surface area (Å²) in [6, 6.07) is 16.7. The lowest BCUT2D eigenvalue weighted by Crippen LogP contribution is -2.30. The first-order chi connectivity index (χ1) is 12.2. The minimum atomic E-state index is -0.234. The number of hydrogen-bond donors (Lipinski definition) is 1. The molecular formula is C21H28ClNO3. The number of benzene rings is 2. The molecule has 1 aliphatic heterocycles. The van der Waals surface area contributed by atoms with Crippen LogP contribution in [-0.4, -0.2) is 49.5 Å². The van der Waals surface area contributed by atoms with E-state index in [4.69, 9.17) is 9.47 Å². The Hall–Kier alpha value is -1.75. The van der Waals surface area contributed by atoms with Crippen LogP contribution < -0.4 is 9.47 Å². The van der Waals surface area contributed by atoms with E-state index in [1.165, 1.54) is 11.1 Å². The Morgan fingerprint density at radius 2 is 1.92 bits per heavy atom. The predicted octanol–water partition coefficient (Wildman–Crippen LogP) is 3.35. The molecule has 0 radical (unpaired) electrons. The lowest BCUT2D eigenvalue weighted by atomic mass is 10.0. The Morgan fingerprint density at radius 1 is 1.12 bits per heavy atom. The van der Waals surface area contributed by atoms with Gasteiger partial charge in [-0.05, 0) is 55.6 Å². The third-order valence-corrected chi connectivity index (χ3v) is 4.89. The van der Waals surface area contributed by atoms with Gasteiger partial charge in [-0.2, -0.15) is 0 Å². The largest absolute Gasteiger partial charge is 0.497 e. The number of para-hydroxylation sites is 1. The van der Waals surface area contributed by atoms with E-state index in [2.05, 4.69) is 29.2 Å². The maximum atomic E-state index is 9.77. The Balaban J connectivity index is 0.00000243. The molecule has 0 saturated carbocycles. The minimum Gasteiger partial charge on any atom is -0.497 e. The van der Waals surface area contributed by atoms with E-state index in [-0.39, 0.29) is 24.6 Å². The Morgan fingerprint density at radius 3 is 2.65 bits per heavy atom. The molecule has 0 aliphatic carbocycles. The van der Waals surface area contributed by atoms with Gasteiger partial charge in [0, 0.05) is 12.6 Å². The van der Waals surface area contributed by atoms with Crippen LogP contribution in [-0.2, 0) is 12.8 Å². The third kappa shape index (κ3) is 5.37. The van der Waals surface area contributed by atoms with Crippen LogP contribution in [0.5, 0.6) is 11.5 Å². The SMILES string of the molecule is COc1cccc(CCc2ccccc2OC[C@H]2C[C@@H](O)CN2C)c1.Cl. The molecule has 2 atom stereocenters. The summed E-state index contributed by atoms with van der Waals surface area (Å²) < 4.78 is 11.4. The molecule has 5 heteroatoms. The fourth-order valence-electron chi connectivity index (χ4n) is 3.39. The van der Waals surface area contributed by atoms with Gasteiger partial charge in [0.25, 0.3) is 0 Å². The number of aliphatic hydroxyl groups is 1. The van der Waals surface area contributed by atoms with Crippen LogP contribution >= 0.6 is 12.4 Å². The van der Waals surface area contributed by atoms with Gasteiger partial charge in [-0.3, -0.25) is 4.90 Å². The molecule has 1 N–H and O–H groups in total. The van der Waals surface area contributed by atoms with E-state index in [1.54, 1.807) is 7.11 Å². The fraction of sp³-hybridized carbons (Fsp3) is 0.429. The molecule has 0 bridgehead atoms. The topological polar surface area (TPSA) is 41.9 Å². The normalized spacial score (nSPS) is 19.8. The van der Waals surface area contributed by atoms with Crippen molar-refractivity contribution < 1.29 is 14.6 Å². The average Bonchev–Trinajstić information content (AvgIpc) is 2.96. The van der Waals surface area contributed by atoms with E-state index in [9.17, 15) is 5.11 Å². The number of aryl methyl sites for hydroxylation is 2. The number of likely N-dealkylation sites (N-methyl/N-ethyl adjacent to an activating group) is 1. The zero-order chi connectivity index (χ0) is 17.6. The summed E-state index contributed by atoms with van der Waals surface area (Å²) in [4.78, 5) is 2.17. The van der Waals surface area contributed by atoms with Crippen LogP contribution in [0.15, 0.2) is 48.5 Å². The van der Waals surface area contributed by atoms with Gasteiger partial charge in [0.15, 0.2) is 0 Å². The first-order valence-corrected chi connectivity index (χ1v) is 8.87. The molecule has 1 saturated heterocycles. The molecular weight excluding hydrogens is 350 g/mol. The van der Waals surface area contributed by atoms with E-state index in [0.717, 1.165) is 37.3 Å². The molecule has 1 heterocycles. The van der Waals surface area contributed by atoms with Gasteiger partial charge in [0.1, 0.15) is 18.1 Å². The summed E-state index contributed by atoms with van der Waals surface area (Å²) in [7, 11) is 3.73. The van der Waals surface area contributed by atoms with Crippen molar-refractivity contribution >= 4 is 12.4 Å². The zero-order valence-corrected chi connectivity index (χ0v) is 16.2. The lowest BCUT2D eigenvalue weighted by Gasteiger charge is -2.20. The highest BCUT2D eigenvalue weighted by atomic mass is 35.5. The molecule has 4 nitrogen and oxygen atoms in total. The van der Waals surface area contributed by atoms with Crippen LogP contribution in [0.2, 0.25) is 0 Å². The lowest BCUT2D eigenvalue weighted by molar-refractivity contribution is 0.182. The number of hydrogen-bond acceptors (Lipinski definition) is 4. The first kappa shape index (κ1) is 20.6. The maximum Gasteiger partial charge on any atom is 0.122 e.